The van der Waals surface area contributed by atoms with Gasteiger partial charge < -0.3 is 46.4 Å². The summed E-state index contributed by atoms with van der Waals surface area (Å²) in [6.07, 6.45) is 6.42. The van der Waals surface area contributed by atoms with Gasteiger partial charge >= 0.3 is 17.9 Å². The Balaban J connectivity index is 0.000000585. The molecule has 0 saturated carbocycles. The lowest BCUT2D eigenvalue weighted by atomic mass is 10.1. The first kappa shape index (κ1) is 34.2. The zero-order valence-electron chi connectivity index (χ0n) is 21.5. The summed E-state index contributed by atoms with van der Waals surface area (Å²) in [7, 11) is 2.65. The molecule has 0 aliphatic carbocycles. The van der Waals surface area contributed by atoms with E-state index in [4.69, 9.17) is 25.5 Å². The van der Waals surface area contributed by atoms with Crippen LogP contribution in [-0.2, 0) is 4.79 Å². The predicted molar refractivity (Wildman–Crippen MR) is 141 cm³/mol. The second-order valence-electron chi connectivity index (χ2n) is 7.32. The number of phenolic OH excluding ortho intramolecular Hbond substituents is 2. The van der Waals surface area contributed by atoms with Crippen molar-refractivity contribution in [2.24, 2.45) is 0 Å². The van der Waals surface area contributed by atoms with Crippen molar-refractivity contribution < 1.29 is 59.7 Å². The van der Waals surface area contributed by atoms with Crippen LogP contribution < -0.4 is 10.6 Å². The second kappa shape index (κ2) is 16.1. The first-order chi connectivity index (χ1) is 18.6. The molecule has 2 aromatic carbocycles. The topological polar surface area (TPSA) is 251 Å². The monoisotopic (exact) mass is 560 g/mol. The summed E-state index contributed by atoms with van der Waals surface area (Å²) in [5.74, 6) is -7.22. The molecule has 0 saturated heterocycles. The summed E-state index contributed by atoms with van der Waals surface area (Å²) in [5.41, 5.74) is -1.29. The third-order valence-electron chi connectivity index (χ3n) is 4.52. The van der Waals surface area contributed by atoms with Crippen molar-refractivity contribution in [3.63, 3.8) is 0 Å². The highest BCUT2D eigenvalue weighted by atomic mass is 16.4. The van der Waals surface area contributed by atoms with E-state index in [-0.39, 0.29) is 11.1 Å². The van der Waals surface area contributed by atoms with E-state index in [0.717, 1.165) is 24.3 Å². The lowest BCUT2D eigenvalue weighted by Crippen LogP contribution is -2.18. The van der Waals surface area contributed by atoms with Crippen molar-refractivity contribution in [2.45, 2.75) is 6.92 Å². The van der Waals surface area contributed by atoms with Crippen LogP contribution in [0.3, 0.4) is 0 Å². The quantitative estimate of drug-likeness (QED) is 0.134. The van der Waals surface area contributed by atoms with Crippen LogP contribution in [0.15, 0.2) is 60.7 Å². The molecule has 40 heavy (non-hydrogen) atoms. The molecule has 2 rings (SSSR count). The third kappa shape index (κ3) is 10.3. The van der Waals surface area contributed by atoms with Crippen LogP contribution in [0.5, 0.6) is 23.0 Å². The smallest absolute Gasteiger partial charge is 0.339 e. The molecule has 0 heterocycles. The molecule has 0 fully saturated rings. The van der Waals surface area contributed by atoms with Gasteiger partial charge in [0.25, 0.3) is 11.8 Å². The summed E-state index contributed by atoms with van der Waals surface area (Å²) in [6, 6.07) is 3.70. The number of carboxylic acids is 3. The molecule has 0 aliphatic heterocycles. The van der Waals surface area contributed by atoms with Gasteiger partial charge in [-0.25, -0.2) is 14.4 Å². The van der Waals surface area contributed by atoms with Crippen LogP contribution in [0.1, 0.15) is 48.4 Å². The Morgan fingerprint density at radius 1 is 0.675 bits per heavy atom. The molecular formula is C26H28N2O12. The highest BCUT2D eigenvalue weighted by molar-refractivity contribution is 6.03. The minimum absolute atomic E-state index is 0.282. The van der Waals surface area contributed by atoms with Gasteiger partial charge in [-0.05, 0) is 31.2 Å². The number of nitrogens with one attached hydrogen (secondary N) is 2. The van der Waals surface area contributed by atoms with E-state index < -0.39 is 63.8 Å². The number of allylic oxidation sites excluding steroid dienone is 4. The lowest BCUT2D eigenvalue weighted by Gasteiger charge is -2.06. The van der Waals surface area contributed by atoms with Gasteiger partial charge in [0.05, 0.1) is 11.1 Å². The van der Waals surface area contributed by atoms with E-state index in [2.05, 4.69) is 17.2 Å². The fourth-order valence-electron chi connectivity index (χ4n) is 2.53. The summed E-state index contributed by atoms with van der Waals surface area (Å²) in [6.45, 7) is 4.98. The van der Waals surface area contributed by atoms with E-state index in [1.165, 1.54) is 27.1 Å². The zero-order chi connectivity index (χ0) is 31.2. The van der Waals surface area contributed by atoms with E-state index in [1.807, 2.05) is 0 Å². The van der Waals surface area contributed by atoms with Crippen molar-refractivity contribution in [3.05, 3.63) is 83.0 Å². The molecule has 0 spiro atoms. The molecule has 0 radical (unpaired) electrons. The van der Waals surface area contributed by atoms with Crippen molar-refractivity contribution in [1.82, 2.24) is 10.6 Å². The highest BCUT2D eigenvalue weighted by Gasteiger charge is 2.20. The van der Waals surface area contributed by atoms with Crippen LogP contribution in [-0.4, -0.2) is 79.6 Å². The van der Waals surface area contributed by atoms with Crippen molar-refractivity contribution in [2.75, 3.05) is 14.1 Å². The van der Waals surface area contributed by atoms with Gasteiger partial charge in [-0.3, -0.25) is 9.59 Å². The Bertz CT molecular complexity index is 1280. The highest BCUT2D eigenvalue weighted by Crippen LogP contribution is 2.28. The van der Waals surface area contributed by atoms with Gasteiger partial charge in [0.2, 0.25) is 0 Å². The van der Waals surface area contributed by atoms with E-state index in [9.17, 15) is 34.2 Å². The number of hydrogen-bond acceptors (Lipinski definition) is 9. The fraction of sp³-hybridized carbons (Fsp3) is 0.115. The number of aromatic carboxylic acids is 2. The number of carbonyl (C=O) groups is 5. The van der Waals surface area contributed by atoms with Gasteiger partial charge in [-0.2, -0.15) is 0 Å². The number of amides is 2. The second-order valence-corrected chi connectivity index (χ2v) is 7.32. The molecule has 9 N–H and O–H groups in total. The van der Waals surface area contributed by atoms with Gasteiger partial charge in [-0.1, -0.05) is 30.9 Å². The Hall–Kier alpha value is -5.79. The molecule has 0 aromatic heterocycles. The van der Waals surface area contributed by atoms with Gasteiger partial charge in [-0.15, -0.1) is 0 Å². The van der Waals surface area contributed by atoms with Crippen molar-refractivity contribution >= 4 is 29.7 Å². The number of carboxylic acid groups (broad SMARTS) is 3. The summed E-state index contributed by atoms with van der Waals surface area (Å²) in [5, 5.41) is 67.3. The van der Waals surface area contributed by atoms with E-state index >= 15 is 0 Å². The Morgan fingerprint density at radius 2 is 1.02 bits per heavy atom. The minimum Gasteiger partial charge on any atom is -0.508 e. The number of aliphatic carboxylic acids is 1. The van der Waals surface area contributed by atoms with Crippen LogP contribution in [0.25, 0.3) is 0 Å². The van der Waals surface area contributed by atoms with E-state index in [0.29, 0.717) is 5.57 Å². The van der Waals surface area contributed by atoms with Crippen LogP contribution in [0, 0.1) is 0 Å². The summed E-state index contributed by atoms with van der Waals surface area (Å²) >= 11 is 0. The van der Waals surface area contributed by atoms with Crippen molar-refractivity contribution in [3.8, 4) is 23.0 Å². The Morgan fingerprint density at radius 3 is 1.30 bits per heavy atom. The molecule has 214 valence electrons. The van der Waals surface area contributed by atoms with E-state index in [1.54, 1.807) is 18.2 Å². The maximum atomic E-state index is 11.2. The molecule has 2 aromatic rings. The van der Waals surface area contributed by atoms with Gasteiger partial charge in [0.15, 0.2) is 0 Å². The maximum Gasteiger partial charge on any atom is 0.339 e. The molecule has 0 unspecified atom stereocenters. The number of aromatic hydroxyl groups is 4. The SMILES string of the molecule is C=C/C=C\C=C(/C)C(=O)O.CNC(=O)c1cc(O)cc(C(=O)O)c1O.CNC(=O)c1cc(O)cc(C(=O)O)c1O. The number of rotatable bonds is 7. The summed E-state index contributed by atoms with van der Waals surface area (Å²) < 4.78 is 0. The lowest BCUT2D eigenvalue weighted by molar-refractivity contribution is -0.132. The predicted octanol–water partition coefficient (Wildman–Crippen LogP) is 2.07. The van der Waals surface area contributed by atoms with Crippen LogP contribution in [0.4, 0.5) is 0 Å². The molecule has 0 bridgehead atoms. The number of carbonyl (C=O) groups excluding carboxylic acids is 2. The first-order valence-corrected chi connectivity index (χ1v) is 10.8. The first-order valence-electron chi connectivity index (χ1n) is 10.8. The molecular weight excluding hydrogens is 532 g/mol. The number of hydrogen-bond donors (Lipinski definition) is 9. The molecule has 0 aliphatic rings. The third-order valence-corrected chi connectivity index (χ3v) is 4.52. The maximum absolute atomic E-state index is 11.2. The molecule has 14 nitrogen and oxygen atoms in total. The molecule has 14 heteroatoms. The molecule has 0 atom stereocenters. The number of benzene rings is 2. The average Bonchev–Trinajstić information content (AvgIpc) is 2.90. The van der Waals surface area contributed by atoms with Gasteiger partial charge in [0.1, 0.15) is 34.1 Å². The van der Waals surface area contributed by atoms with Crippen molar-refractivity contribution in [1.29, 1.82) is 0 Å². The normalized spacial score (nSPS) is 10.2. The van der Waals surface area contributed by atoms with Crippen LogP contribution >= 0.6 is 0 Å². The Labute approximate surface area is 227 Å². The molecule has 2 amide bonds. The average molecular weight is 561 g/mol. The van der Waals surface area contributed by atoms with Crippen LogP contribution in [0.2, 0.25) is 0 Å². The minimum atomic E-state index is -1.42. The summed E-state index contributed by atoms with van der Waals surface area (Å²) in [4.78, 5) is 53.8. The fourth-order valence-corrected chi connectivity index (χ4v) is 2.53. The van der Waals surface area contributed by atoms with Gasteiger partial charge in [0, 0.05) is 19.7 Å². The standard InChI is InChI=1S/2C9H9NO5.C8H10O2/c2*1-10-8(13)5-2-4(11)3-6(7(5)12)9(14)15;1-3-4-5-6-7(2)8(9)10/h2*2-3,11-12H,1H3,(H,10,13)(H,14,15);3-6H,1H2,2H3,(H,9,10)/b;;5-4-,7-6+. The number of phenols is 4. The largest absolute Gasteiger partial charge is 0.508 e. The Kier molecular flexibility index (Phi) is 13.8. The zero-order valence-corrected chi connectivity index (χ0v) is 21.5.